The molecular weight excluding hydrogens is 265 g/mol. The monoisotopic (exact) mass is 281 g/mol. The average molecular weight is 281 g/mol. The zero-order chi connectivity index (χ0) is 14.7. The number of amides is 1. The molecule has 1 aromatic carbocycles. The van der Waals surface area contributed by atoms with Crippen LogP contribution >= 0.6 is 0 Å². The third kappa shape index (κ3) is 3.11. The number of nitrogens with one attached hydrogen (secondary N) is 2. The van der Waals surface area contributed by atoms with Crippen molar-refractivity contribution in [2.45, 2.75) is 25.8 Å². The number of piperidine rings is 1. The number of rotatable bonds is 3. The van der Waals surface area contributed by atoms with Crippen molar-refractivity contribution in [3.05, 3.63) is 34.1 Å². The fourth-order valence-corrected chi connectivity index (χ4v) is 2.35. The molecule has 1 fully saturated rings. The molecule has 2 atom stereocenters. The van der Waals surface area contributed by atoms with Crippen molar-refractivity contribution in [3.63, 3.8) is 0 Å². The molecule has 0 radical (unpaired) electrons. The number of nitrogens with zero attached hydrogens (tertiary/aromatic N) is 1. The van der Waals surface area contributed by atoms with E-state index in [1.165, 1.54) is 6.07 Å². The number of hydrogen-bond donors (Lipinski definition) is 2. The number of hydrogen-bond acceptors (Lipinski definition) is 4. The molecule has 2 unspecified atom stereocenters. The number of nitro groups is 1. The van der Waals surface area contributed by atoms with Crippen molar-refractivity contribution in [1.29, 1.82) is 0 Å². The second kappa shape index (κ2) is 5.96. The molecule has 20 heavy (non-hydrogen) atoms. The highest BCUT2D eigenvalue weighted by Crippen LogP contribution is 2.22. The number of carbonyl (C=O) groups is 1. The minimum atomic E-state index is -0.961. The molecule has 2 N–H and O–H groups in total. The van der Waals surface area contributed by atoms with E-state index in [1.807, 2.05) is 6.92 Å². The maximum atomic E-state index is 13.5. The summed E-state index contributed by atoms with van der Waals surface area (Å²) in [6.07, 6.45) is 1.98. The first-order chi connectivity index (χ1) is 9.49. The summed E-state index contributed by atoms with van der Waals surface area (Å²) in [5.74, 6) is -1.01. The van der Waals surface area contributed by atoms with Gasteiger partial charge in [0, 0.05) is 17.8 Å². The number of nitro benzene ring substituents is 1. The van der Waals surface area contributed by atoms with Crippen LogP contribution in [-0.4, -0.2) is 23.4 Å². The van der Waals surface area contributed by atoms with Gasteiger partial charge in [0.15, 0.2) is 0 Å². The molecule has 0 saturated carbocycles. The highest BCUT2D eigenvalue weighted by atomic mass is 19.1. The molecule has 7 heteroatoms. The Morgan fingerprint density at radius 3 is 2.90 bits per heavy atom. The van der Waals surface area contributed by atoms with Crippen LogP contribution in [0.2, 0.25) is 0 Å². The van der Waals surface area contributed by atoms with Gasteiger partial charge in [0.2, 0.25) is 11.7 Å². The summed E-state index contributed by atoms with van der Waals surface area (Å²) in [6, 6.07) is 3.01. The second-order valence-corrected chi connectivity index (χ2v) is 4.96. The Labute approximate surface area is 115 Å². The first kappa shape index (κ1) is 14.4. The average Bonchev–Trinajstić information content (AvgIpc) is 2.38. The lowest BCUT2D eigenvalue weighted by molar-refractivity contribution is -0.387. The van der Waals surface area contributed by atoms with E-state index in [0.29, 0.717) is 0 Å². The van der Waals surface area contributed by atoms with Gasteiger partial charge in [0.05, 0.1) is 11.0 Å². The van der Waals surface area contributed by atoms with Crippen LogP contribution in [0.25, 0.3) is 0 Å². The van der Waals surface area contributed by atoms with E-state index in [0.717, 1.165) is 31.5 Å². The number of carbonyl (C=O) groups excluding carboxylic acids is 1. The lowest BCUT2D eigenvalue weighted by Crippen LogP contribution is -2.48. The standard InChI is InChI=1S/C13H16FN3O3/c1-8-3-2-6-15-12(8)13(18)16-9-4-5-11(17(19)20)10(14)7-9/h4-5,7-8,12,15H,2-3,6H2,1H3,(H,16,18). The topological polar surface area (TPSA) is 84.3 Å². The normalized spacial score (nSPS) is 22.3. The Morgan fingerprint density at radius 1 is 1.55 bits per heavy atom. The van der Waals surface area contributed by atoms with Crippen LogP contribution in [0.3, 0.4) is 0 Å². The maximum absolute atomic E-state index is 13.5. The molecule has 0 spiro atoms. The van der Waals surface area contributed by atoms with Crippen LogP contribution < -0.4 is 10.6 Å². The predicted molar refractivity (Wildman–Crippen MR) is 71.9 cm³/mol. The first-order valence-electron chi connectivity index (χ1n) is 6.47. The molecule has 1 heterocycles. The van der Waals surface area contributed by atoms with Crippen LogP contribution in [0.15, 0.2) is 18.2 Å². The molecular formula is C13H16FN3O3. The molecule has 1 aliphatic heterocycles. The Balaban J connectivity index is 2.08. The van der Waals surface area contributed by atoms with Crippen LogP contribution in [0.1, 0.15) is 19.8 Å². The Hall–Kier alpha value is -2.02. The largest absolute Gasteiger partial charge is 0.325 e. The highest BCUT2D eigenvalue weighted by molar-refractivity contribution is 5.95. The third-order valence-electron chi connectivity index (χ3n) is 3.46. The summed E-state index contributed by atoms with van der Waals surface area (Å²) in [5, 5.41) is 16.2. The van der Waals surface area contributed by atoms with Gasteiger partial charge >= 0.3 is 5.69 Å². The summed E-state index contributed by atoms with van der Waals surface area (Å²) in [6.45, 7) is 2.75. The molecule has 0 bridgehead atoms. The SMILES string of the molecule is CC1CCCNC1C(=O)Nc1ccc([N+](=O)[O-])c(F)c1. The number of benzene rings is 1. The number of halogens is 1. The van der Waals surface area contributed by atoms with Gasteiger partial charge in [-0.2, -0.15) is 4.39 Å². The summed E-state index contributed by atoms with van der Waals surface area (Å²) in [4.78, 5) is 21.8. The molecule has 1 saturated heterocycles. The van der Waals surface area contributed by atoms with E-state index in [-0.39, 0.29) is 23.6 Å². The van der Waals surface area contributed by atoms with Gasteiger partial charge in [0.25, 0.3) is 0 Å². The first-order valence-corrected chi connectivity index (χ1v) is 6.47. The molecule has 6 nitrogen and oxygen atoms in total. The fourth-order valence-electron chi connectivity index (χ4n) is 2.35. The van der Waals surface area contributed by atoms with Gasteiger partial charge in [-0.1, -0.05) is 6.92 Å². The van der Waals surface area contributed by atoms with Crippen molar-refractivity contribution in [2.75, 3.05) is 11.9 Å². The summed E-state index contributed by atoms with van der Waals surface area (Å²) >= 11 is 0. The van der Waals surface area contributed by atoms with E-state index in [4.69, 9.17) is 0 Å². The maximum Gasteiger partial charge on any atom is 0.304 e. The smallest absolute Gasteiger partial charge is 0.304 e. The molecule has 1 aromatic rings. The molecule has 2 rings (SSSR count). The quantitative estimate of drug-likeness (QED) is 0.656. The highest BCUT2D eigenvalue weighted by Gasteiger charge is 2.27. The van der Waals surface area contributed by atoms with Crippen molar-refractivity contribution in [3.8, 4) is 0 Å². The van der Waals surface area contributed by atoms with Gasteiger partial charge in [-0.25, -0.2) is 0 Å². The zero-order valence-electron chi connectivity index (χ0n) is 11.1. The van der Waals surface area contributed by atoms with E-state index in [2.05, 4.69) is 10.6 Å². The van der Waals surface area contributed by atoms with Gasteiger partial charge in [-0.3, -0.25) is 14.9 Å². The van der Waals surface area contributed by atoms with E-state index in [9.17, 15) is 19.3 Å². The second-order valence-electron chi connectivity index (χ2n) is 4.96. The van der Waals surface area contributed by atoms with Crippen LogP contribution in [-0.2, 0) is 4.79 Å². The van der Waals surface area contributed by atoms with E-state index >= 15 is 0 Å². The summed E-state index contributed by atoms with van der Waals surface area (Å²) < 4.78 is 13.5. The van der Waals surface area contributed by atoms with Crippen molar-refractivity contribution < 1.29 is 14.1 Å². The Bertz CT molecular complexity index is 536. The fraction of sp³-hybridized carbons (Fsp3) is 0.462. The zero-order valence-corrected chi connectivity index (χ0v) is 11.1. The minimum absolute atomic E-state index is 0.201. The van der Waals surface area contributed by atoms with Gasteiger partial charge in [0.1, 0.15) is 0 Å². The lowest BCUT2D eigenvalue weighted by atomic mass is 9.92. The van der Waals surface area contributed by atoms with Crippen molar-refractivity contribution >= 4 is 17.3 Å². The number of anilines is 1. The van der Waals surface area contributed by atoms with Crippen LogP contribution in [0, 0.1) is 21.8 Å². The minimum Gasteiger partial charge on any atom is -0.325 e. The lowest BCUT2D eigenvalue weighted by Gasteiger charge is -2.28. The van der Waals surface area contributed by atoms with Gasteiger partial charge in [-0.15, -0.1) is 0 Å². The molecule has 0 aromatic heterocycles. The van der Waals surface area contributed by atoms with Crippen molar-refractivity contribution in [1.82, 2.24) is 5.32 Å². The Kier molecular flexibility index (Phi) is 4.29. The van der Waals surface area contributed by atoms with Crippen LogP contribution in [0.4, 0.5) is 15.8 Å². The van der Waals surface area contributed by atoms with Gasteiger partial charge in [-0.05, 0) is 31.4 Å². The molecule has 1 amide bonds. The Morgan fingerprint density at radius 2 is 2.30 bits per heavy atom. The van der Waals surface area contributed by atoms with Crippen molar-refractivity contribution in [2.24, 2.45) is 5.92 Å². The molecule has 0 aliphatic carbocycles. The van der Waals surface area contributed by atoms with E-state index < -0.39 is 16.4 Å². The van der Waals surface area contributed by atoms with Crippen LogP contribution in [0.5, 0.6) is 0 Å². The summed E-state index contributed by atoms with van der Waals surface area (Å²) in [5.41, 5.74) is -0.384. The molecule has 108 valence electrons. The van der Waals surface area contributed by atoms with E-state index in [1.54, 1.807) is 0 Å². The van der Waals surface area contributed by atoms with Gasteiger partial charge < -0.3 is 10.6 Å². The molecule has 1 aliphatic rings. The predicted octanol–water partition coefficient (Wildman–Crippen LogP) is 2.06. The summed E-state index contributed by atoms with van der Waals surface area (Å²) in [7, 11) is 0. The third-order valence-corrected chi connectivity index (χ3v) is 3.46.